The maximum absolute atomic E-state index is 14.5. The Morgan fingerprint density at radius 3 is 1.84 bits per heavy atom. The van der Waals surface area contributed by atoms with Gasteiger partial charge in [0.05, 0.1) is 6.10 Å². The van der Waals surface area contributed by atoms with Crippen LogP contribution >= 0.6 is 0 Å². The Kier molecular flexibility index (Phi) is 8.03. The van der Waals surface area contributed by atoms with Crippen molar-refractivity contribution in [3.05, 3.63) is 82.9 Å². The van der Waals surface area contributed by atoms with Gasteiger partial charge in [-0.25, -0.2) is 18.7 Å². The lowest BCUT2D eigenvalue weighted by Crippen LogP contribution is -2.20. The number of nitrogens with one attached hydrogen (secondary N) is 1. The first-order valence-corrected chi connectivity index (χ1v) is 12.9. The minimum Gasteiger partial charge on any atom is -0.487 e. The van der Waals surface area contributed by atoms with Gasteiger partial charge in [-0.3, -0.25) is 9.59 Å². The molecule has 2 fully saturated rings. The number of rotatable bonds is 10. The van der Waals surface area contributed by atoms with Gasteiger partial charge in [0, 0.05) is 19.4 Å². The van der Waals surface area contributed by atoms with E-state index >= 15 is 0 Å². The second kappa shape index (κ2) is 11.8. The van der Waals surface area contributed by atoms with E-state index in [0.29, 0.717) is 17.7 Å². The van der Waals surface area contributed by atoms with Crippen LogP contribution in [0.25, 0.3) is 0 Å². The zero-order chi connectivity index (χ0) is 26.5. The van der Waals surface area contributed by atoms with E-state index in [9.17, 15) is 18.4 Å². The molecular formula is C29H29F2N3O4. The second-order valence-corrected chi connectivity index (χ2v) is 9.77. The van der Waals surface area contributed by atoms with Crippen molar-refractivity contribution in [2.24, 2.45) is 0 Å². The molecule has 2 aliphatic rings. The van der Waals surface area contributed by atoms with Crippen LogP contribution in [0.1, 0.15) is 64.2 Å². The van der Waals surface area contributed by atoms with Gasteiger partial charge in [-0.05, 0) is 80.1 Å². The minimum absolute atomic E-state index is 0.0335. The van der Waals surface area contributed by atoms with Gasteiger partial charge in [0.2, 0.25) is 0 Å². The highest BCUT2D eigenvalue weighted by atomic mass is 19.1. The third-order valence-electron chi connectivity index (χ3n) is 6.86. The van der Waals surface area contributed by atoms with E-state index in [0.717, 1.165) is 45.0 Å². The van der Waals surface area contributed by atoms with Crippen LogP contribution in [0.3, 0.4) is 0 Å². The molecule has 7 nitrogen and oxygen atoms in total. The summed E-state index contributed by atoms with van der Waals surface area (Å²) in [6.45, 7) is 1.50. The molecule has 1 aromatic heterocycles. The molecule has 1 aliphatic heterocycles. The number of ether oxygens (including phenoxy) is 2. The molecule has 0 bridgehead atoms. The number of aromatic nitrogens is 2. The fourth-order valence-corrected chi connectivity index (χ4v) is 4.81. The highest BCUT2D eigenvalue weighted by Gasteiger charge is 2.21. The van der Waals surface area contributed by atoms with E-state index in [1.165, 1.54) is 24.3 Å². The highest BCUT2D eigenvalue weighted by molar-refractivity contribution is 6.00. The SMILES string of the molecule is O=C(Cc1ccc(OC2CCCC2)c(F)c1)c1cc(C(=O)Cc2ccc(O[C@@H]3CCNC3)c(F)c2)ncn1. The van der Waals surface area contributed by atoms with Gasteiger partial charge in [-0.2, -0.15) is 0 Å². The summed E-state index contributed by atoms with van der Waals surface area (Å²) in [6.07, 6.45) is 5.73. The fourth-order valence-electron chi connectivity index (χ4n) is 4.81. The van der Waals surface area contributed by atoms with Crippen LogP contribution in [0, 0.1) is 11.6 Å². The lowest BCUT2D eigenvalue weighted by atomic mass is 10.0. The Bertz CT molecular complexity index is 1220. The van der Waals surface area contributed by atoms with E-state index in [4.69, 9.17) is 9.47 Å². The molecule has 1 N–H and O–H groups in total. The van der Waals surface area contributed by atoms with Gasteiger partial charge in [0.15, 0.2) is 34.7 Å². The van der Waals surface area contributed by atoms with Gasteiger partial charge in [-0.1, -0.05) is 12.1 Å². The van der Waals surface area contributed by atoms with E-state index < -0.39 is 11.6 Å². The van der Waals surface area contributed by atoms with Crippen LogP contribution < -0.4 is 14.8 Å². The number of hydrogen-bond donors (Lipinski definition) is 1. The van der Waals surface area contributed by atoms with Gasteiger partial charge < -0.3 is 14.8 Å². The normalized spacial score (nSPS) is 17.5. The van der Waals surface area contributed by atoms with E-state index in [2.05, 4.69) is 15.3 Å². The molecule has 5 rings (SSSR count). The number of carbonyl (C=O) groups excluding carboxylic acids is 2. The monoisotopic (exact) mass is 521 g/mol. The summed E-state index contributed by atoms with van der Waals surface area (Å²) in [7, 11) is 0. The number of benzene rings is 2. The Morgan fingerprint density at radius 2 is 1.34 bits per heavy atom. The molecule has 198 valence electrons. The minimum atomic E-state index is -0.535. The van der Waals surface area contributed by atoms with Crippen LogP contribution in [-0.4, -0.2) is 46.8 Å². The van der Waals surface area contributed by atoms with Gasteiger partial charge in [0.25, 0.3) is 0 Å². The summed E-state index contributed by atoms with van der Waals surface area (Å²) in [5.74, 6) is -1.46. The van der Waals surface area contributed by atoms with Crippen molar-refractivity contribution < 1.29 is 27.8 Å². The second-order valence-electron chi connectivity index (χ2n) is 9.77. The number of hydrogen-bond acceptors (Lipinski definition) is 7. The topological polar surface area (TPSA) is 90.4 Å². The third kappa shape index (κ3) is 6.39. The first-order chi connectivity index (χ1) is 18.4. The summed E-state index contributed by atoms with van der Waals surface area (Å²) in [6, 6.07) is 10.3. The number of Topliss-reactive ketones (excluding diaryl/α,β-unsaturated/α-hetero) is 2. The number of ketones is 2. The molecule has 2 aromatic carbocycles. The molecule has 2 heterocycles. The van der Waals surface area contributed by atoms with Gasteiger partial charge >= 0.3 is 0 Å². The van der Waals surface area contributed by atoms with E-state index in [1.807, 2.05) is 0 Å². The number of carbonyl (C=O) groups is 2. The Balaban J connectivity index is 1.20. The average Bonchev–Trinajstić information content (AvgIpc) is 3.62. The van der Waals surface area contributed by atoms with Gasteiger partial charge in [-0.15, -0.1) is 0 Å². The largest absolute Gasteiger partial charge is 0.487 e. The quantitative estimate of drug-likeness (QED) is 0.388. The number of nitrogens with zero attached hydrogens (tertiary/aromatic N) is 2. The van der Waals surface area contributed by atoms with Crippen LogP contribution in [0.5, 0.6) is 11.5 Å². The Hall–Kier alpha value is -3.72. The van der Waals surface area contributed by atoms with Crippen LogP contribution in [0.4, 0.5) is 8.78 Å². The van der Waals surface area contributed by atoms with Crippen molar-refractivity contribution in [2.45, 2.75) is 57.2 Å². The maximum Gasteiger partial charge on any atom is 0.185 e. The first kappa shape index (κ1) is 25.9. The molecule has 0 spiro atoms. The molecule has 38 heavy (non-hydrogen) atoms. The van der Waals surface area contributed by atoms with Crippen molar-refractivity contribution in [1.29, 1.82) is 0 Å². The first-order valence-electron chi connectivity index (χ1n) is 12.9. The zero-order valence-corrected chi connectivity index (χ0v) is 20.9. The molecule has 0 amide bonds. The van der Waals surface area contributed by atoms with E-state index in [1.54, 1.807) is 18.2 Å². The third-order valence-corrected chi connectivity index (χ3v) is 6.86. The van der Waals surface area contributed by atoms with Crippen molar-refractivity contribution in [3.63, 3.8) is 0 Å². The molecule has 1 aliphatic carbocycles. The average molecular weight is 522 g/mol. The molecule has 9 heteroatoms. The molecular weight excluding hydrogens is 492 g/mol. The smallest absolute Gasteiger partial charge is 0.185 e. The summed E-state index contributed by atoms with van der Waals surface area (Å²) >= 11 is 0. The highest BCUT2D eigenvalue weighted by Crippen LogP contribution is 2.27. The van der Waals surface area contributed by atoms with Gasteiger partial charge in [0.1, 0.15) is 23.8 Å². The van der Waals surface area contributed by atoms with Crippen molar-refractivity contribution in [1.82, 2.24) is 15.3 Å². The Morgan fingerprint density at radius 1 is 0.789 bits per heavy atom. The predicted octanol–water partition coefficient (Wildman–Crippen LogP) is 4.67. The molecule has 1 atom stereocenters. The molecule has 0 radical (unpaired) electrons. The molecule has 0 unspecified atom stereocenters. The van der Waals surface area contributed by atoms with Crippen molar-refractivity contribution >= 4 is 11.6 Å². The van der Waals surface area contributed by atoms with Crippen LogP contribution in [-0.2, 0) is 12.8 Å². The maximum atomic E-state index is 14.5. The van der Waals surface area contributed by atoms with E-state index in [-0.39, 0.29) is 59.5 Å². The fraction of sp³-hybridized carbons (Fsp3) is 0.379. The lowest BCUT2D eigenvalue weighted by molar-refractivity contribution is 0.0987. The number of halogens is 2. The van der Waals surface area contributed by atoms with Crippen LogP contribution in [0.2, 0.25) is 0 Å². The summed E-state index contributed by atoms with van der Waals surface area (Å²) in [5.41, 5.74) is 1.04. The lowest BCUT2D eigenvalue weighted by Gasteiger charge is -2.14. The Labute approximate surface area is 219 Å². The molecule has 3 aromatic rings. The summed E-state index contributed by atoms with van der Waals surface area (Å²) in [5, 5.41) is 3.16. The van der Waals surface area contributed by atoms with Crippen LogP contribution in [0.15, 0.2) is 48.8 Å². The molecule has 1 saturated carbocycles. The standard InChI is InChI=1S/C29H29F2N3O4/c30-22-11-18(5-7-28(22)37-20-3-1-2-4-20)13-26(35)24-15-25(34-17-33-24)27(36)14-19-6-8-29(23(31)12-19)38-21-9-10-32-16-21/h5-8,11-12,15,17,20-21,32H,1-4,9-10,13-14,16H2/t21-/m1/s1. The molecule has 1 saturated heterocycles. The predicted molar refractivity (Wildman–Crippen MR) is 136 cm³/mol. The zero-order valence-electron chi connectivity index (χ0n) is 20.9. The summed E-state index contributed by atoms with van der Waals surface area (Å²) in [4.78, 5) is 33.6. The van der Waals surface area contributed by atoms with Crippen molar-refractivity contribution in [3.8, 4) is 11.5 Å². The summed E-state index contributed by atoms with van der Waals surface area (Å²) < 4.78 is 40.5. The van der Waals surface area contributed by atoms with Crippen molar-refractivity contribution in [2.75, 3.05) is 13.1 Å².